The molecule has 144 valence electrons. The number of benzene rings is 1. The average molecular weight is 445 g/mol. The monoisotopic (exact) mass is 444 g/mol. The number of nitrogens with zero attached hydrogens (tertiary/aromatic N) is 3. The van der Waals surface area contributed by atoms with Crippen molar-refractivity contribution < 1.29 is 0 Å². The number of rotatable bonds is 9. The van der Waals surface area contributed by atoms with Crippen molar-refractivity contribution in [1.82, 2.24) is 19.9 Å². The largest absolute Gasteiger partial charge is 0.333 e. The molecular weight excluding hydrogens is 425 g/mol. The summed E-state index contributed by atoms with van der Waals surface area (Å²) in [6, 6.07) is 10.3. The van der Waals surface area contributed by atoms with Crippen LogP contribution in [0.3, 0.4) is 0 Å². The molecule has 28 heavy (non-hydrogen) atoms. The molecule has 0 atom stereocenters. The number of hydrogen-bond acceptors (Lipinski definition) is 7. The number of fused-ring (bicyclic) bond motifs is 1. The van der Waals surface area contributed by atoms with E-state index in [1.165, 1.54) is 16.9 Å². The highest BCUT2D eigenvalue weighted by Gasteiger charge is 2.09. The van der Waals surface area contributed by atoms with E-state index in [1.807, 2.05) is 59.5 Å². The van der Waals surface area contributed by atoms with Gasteiger partial charge in [-0.25, -0.2) is 9.97 Å². The molecule has 0 bridgehead atoms. The van der Waals surface area contributed by atoms with Gasteiger partial charge in [0.25, 0.3) is 0 Å². The van der Waals surface area contributed by atoms with Gasteiger partial charge in [-0.3, -0.25) is 4.98 Å². The second kappa shape index (κ2) is 9.82. The molecule has 8 heteroatoms. The van der Waals surface area contributed by atoms with Crippen molar-refractivity contribution in [2.45, 2.75) is 33.5 Å². The first-order chi connectivity index (χ1) is 13.8. The van der Waals surface area contributed by atoms with Gasteiger partial charge in [-0.15, -0.1) is 23.1 Å². The smallest absolute Gasteiger partial charge is 0.166 e. The van der Waals surface area contributed by atoms with E-state index in [0.29, 0.717) is 0 Å². The van der Waals surface area contributed by atoms with Crippen molar-refractivity contribution >= 4 is 57.7 Å². The van der Waals surface area contributed by atoms with Crippen LogP contribution in [0.4, 0.5) is 0 Å². The topological polar surface area (TPSA) is 54.5 Å². The number of aromatic nitrogens is 4. The van der Waals surface area contributed by atoms with Crippen LogP contribution in [-0.2, 0) is 5.75 Å². The third-order valence-corrected chi connectivity index (χ3v) is 8.34. The Kier molecular flexibility index (Phi) is 6.95. The number of H-pyrrole nitrogens is 1. The summed E-state index contributed by atoms with van der Waals surface area (Å²) in [7, 11) is 0. The molecule has 0 aliphatic rings. The Bertz CT molecular complexity index is 997. The number of para-hydroxylation sites is 2. The molecule has 3 aromatic heterocycles. The quantitative estimate of drug-likeness (QED) is 0.242. The number of aromatic amines is 1. The van der Waals surface area contributed by atoms with Gasteiger partial charge in [-0.1, -0.05) is 35.7 Å². The van der Waals surface area contributed by atoms with Crippen LogP contribution in [0.1, 0.15) is 17.7 Å². The fourth-order valence-electron chi connectivity index (χ4n) is 2.68. The van der Waals surface area contributed by atoms with Gasteiger partial charge < -0.3 is 4.98 Å². The lowest BCUT2D eigenvalue weighted by Gasteiger charge is -2.09. The van der Waals surface area contributed by atoms with E-state index in [-0.39, 0.29) is 0 Å². The summed E-state index contributed by atoms with van der Waals surface area (Å²) in [5.74, 6) is 3.04. The zero-order valence-electron chi connectivity index (χ0n) is 15.4. The van der Waals surface area contributed by atoms with Crippen LogP contribution in [0.25, 0.3) is 11.0 Å². The maximum Gasteiger partial charge on any atom is 0.166 e. The number of imidazole rings is 1. The number of nitrogens with one attached hydrogen (secondary N) is 1. The summed E-state index contributed by atoms with van der Waals surface area (Å²) in [4.78, 5) is 18.3. The third-order valence-electron chi connectivity index (χ3n) is 4.15. The Morgan fingerprint density at radius 2 is 1.89 bits per heavy atom. The molecule has 0 spiro atoms. The van der Waals surface area contributed by atoms with Gasteiger partial charge in [0, 0.05) is 34.2 Å². The molecule has 0 fully saturated rings. The Morgan fingerprint density at radius 1 is 1.00 bits per heavy atom. The molecule has 4 rings (SSSR count). The summed E-state index contributed by atoms with van der Waals surface area (Å²) in [5.41, 5.74) is 4.50. The molecule has 1 N–H and O–H groups in total. The Labute approximate surface area is 181 Å². The molecule has 0 radical (unpaired) electrons. The van der Waals surface area contributed by atoms with E-state index in [4.69, 9.17) is 0 Å². The fourth-order valence-corrected chi connectivity index (χ4v) is 6.42. The van der Waals surface area contributed by atoms with Gasteiger partial charge in [-0.05, 0) is 42.9 Å². The van der Waals surface area contributed by atoms with Gasteiger partial charge in [0.15, 0.2) is 5.16 Å². The highest BCUT2D eigenvalue weighted by Crippen LogP contribution is 2.29. The summed E-state index contributed by atoms with van der Waals surface area (Å²) < 4.78 is 1.16. The lowest BCUT2D eigenvalue weighted by atomic mass is 10.2. The first-order valence-corrected chi connectivity index (χ1v) is 12.8. The summed E-state index contributed by atoms with van der Waals surface area (Å²) >= 11 is 7.18. The van der Waals surface area contributed by atoms with E-state index >= 15 is 0 Å². The predicted octanol–water partition coefficient (Wildman–Crippen LogP) is 6.29. The van der Waals surface area contributed by atoms with Gasteiger partial charge in [0.05, 0.1) is 16.7 Å². The van der Waals surface area contributed by atoms with Crippen molar-refractivity contribution in [2.24, 2.45) is 0 Å². The van der Waals surface area contributed by atoms with Crippen LogP contribution in [0.2, 0.25) is 0 Å². The third kappa shape index (κ3) is 5.11. The minimum absolute atomic E-state index is 0.819. The maximum atomic E-state index is 4.64. The van der Waals surface area contributed by atoms with E-state index in [2.05, 4.69) is 39.0 Å². The molecule has 4 aromatic rings. The van der Waals surface area contributed by atoms with Crippen LogP contribution in [-0.4, -0.2) is 31.4 Å². The maximum absolute atomic E-state index is 4.64. The van der Waals surface area contributed by atoms with Gasteiger partial charge in [0.2, 0.25) is 0 Å². The molecular formula is C20H20N4S4. The van der Waals surface area contributed by atoms with E-state index < -0.39 is 0 Å². The second-order valence-electron chi connectivity index (χ2n) is 6.08. The van der Waals surface area contributed by atoms with E-state index in [1.54, 1.807) is 23.1 Å². The van der Waals surface area contributed by atoms with Crippen molar-refractivity contribution in [2.75, 3.05) is 11.5 Å². The lowest BCUT2D eigenvalue weighted by Crippen LogP contribution is -1.95. The molecule has 0 saturated heterocycles. The molecule has 0 saturated carbocycles. The number of thioether (sulfide) groups is 3. The Morgan fingerprint density at radius 3 is 2.75 bits per heavy atom. The Balaban J connectivity index is 1.30. The molecule has 0 aliphatic carbocycles. The van der Waals surface area contributed by atoms with Crippen molar-refractivity contribution in [3.63, 3.8) is 0 Å². The summed E-state index contributed by atoms with van der Waals surface area (Å²) in [6.45, 7) is 2.17. The molecule has 0 aliphatic heterocycles. The minimum atomic E-state index is 0.819. The highest BCUT2D eigenvalue weighted by atomic mass is 32.2. The molecule has 3 heterocycles. The van der Waals surface area contributed by atoms with Crippen LogP contribution in [0.5, 0.6) is 0 Å². The van der Waals surface area contributed by atoms with Crippen molar-refractivity contribution in [3.05, 3.63) is 59.4 Å². The first-order valence-electron chi connectivity index (χ1n) is 8.97. The number of hydrogen-bond donors (Lipinski definition) is 1. The van der Waals surface area contributed by atoms with Gasteiger partial charge in [-0.2, -0.15) is 0 Å². The molecule has 1 aromatic carbocycles. The Hall–Kier alpha value is -1.48. The second-order valence-corrected chi connectivity index (χ2v) is 10.4. The highest BCUT2D eigenvalue weighted by molar-refractivity contribution is 8.01. The average Bonchev–Trinajstić information content (AvgIpc) is 3.37. The number of pyridine rings is 1. The summed E-state index contributed by atoms with van der Waals surface area (Å²) in [5, 5.41) is 2.97. The first kappa shape index (κ1) is 19.8. The number of thiazole rings is 1. The minimum Gasteiger partial charge on any atom is -0.333 e. The van der Waals surface area contributed by atoms with Crippen LogP contribution >= 0.6 is 46.6 Å². The fraction of sp³-hybridized carbons (Fsp3) is 0.250. The van der Waals surface area contributed by atoms with Crippen LogP contribution < -0.4 is 0 Å². The molecule has 0 amide bonds. The molecule has 0 unspecified atom stereocenters. The zero-order chi connectivity index (χ0) is 19.2. The summed E-state index contributed by atoms with van der Waals surface area (Å²) in [6.07, 6.45) is 4.96. The lowest BCUT2D eigenvalue weighted by molar-refractivity contribution is 1.05. The zero-order valence-corrected chi connectivity index (χ0v) is 18.7. The van der Waals surface area contributed by atoms with Crippen molar-refractivity contribution in [1.29, 1.82) is 0 Å². The van der Waals surface area contributed by atoms with Crippen LogP contribution in [0.15, 0.2) is 62.5 Å². The molecule has 4 nitrogen and oxygen atoms in total. The van der Waals surface area contributed by atoms with Gasteiger partial charge >= 0.3 is 0 Å². The SMILES string of the molecule is Cc1c(SCCCSc2nccs2)ccnc1CSc1nc2ccccc2[nH]1. The van der Waals surface area contributed by atoms with Crippen molar-refractivity contribution in [3.8, 4) is 0 Å². The van der Waals surface area contributed by atoms with Gasteiger partial charge in [0.1, 0.15) is 4.34 Å². The van der Waals surface area contributed by atoms with E-state index in [9.17, 15) is 0 Å². The predicted molar refractivity (Wildman–Crippen MR) is 123 cm³/mol. The normalized spacial score (nSPS) is 11.3. The standard InChI is InChI=1S/C20H20N4S4/c1-14-17(13-28-19-23-15-5-2-3-6-16(15)24-19)21-8-7-18(14)25-10-4-11-26-20-22-9-12-27-20/h2-3,5-9,12H,4,10-11,13H2,1H3,(H,23,24). The van der Waals surface area contributed by atoms with E-state index in [0.717, 1.165) is 43.5 Å². The van der Waals surface area contributed by atoms with Crippen LogP contribution in [0, 0.1) is 6.92 Å².